The highest BCUT2D eigenvalue weighted by atomic mass is 79.9. The summed E-state index contributed by atoms with van der Waals surface area (Å²) in [5.41, 5.74) is 1.28. The molecule has 0 N–H and O–H groups in total. The maximum Gasteiger partial charge on any atom is 0.0593 e. The first-order valence-electron chi connectivity index (χ1n) is 6.53. The lowest BCUT2D eigenvalue weighted by molar-refractivity contribution is 0.0511. The van der Waals surface area contributed by atoms with Crippen molar-refractivity contribution in [2.24, 2.45) is 11.8 Å². The van der Waals surface area contributed by atoms with Crippen molar-refractivity contribution in [1.29, 1.82) is 0 Å². The molecule has 5 atom stereocenters. The molecule has 3 heteroatoms. The second kappa shape index (κ2) is 5.94. The predicted molar refractivity (Wildman–Crippen MR) is 80.5 cm³/mol. The largest absolute Gasteiger partial charge is 0.375 e. The molecule has 1 aromatic carbocycles. The molecule has 0 aliphatic carbocycles. The summed E-state index contributed by atoms with van der Waals surface area (Å²) in [6.45, 7) is 6.63. The first kappa shape index (κ1) is 14.4. The van der Waals surface area contributed by atoms with Crippen LogP contribution in [0.3, 0.4) is 0 Å². The summed E-state index contributed by atoms with van der Waals surface area (Å²) in [6.07, 6.45) is 1.67. The first-order chi connectivity index (χ1) is 8.49. The van der Waals surface area contributed by atoms with Gasteiger partial charge in [0.25, 0.3) is 0 Å². The van der Waals surface area contributed by atoms with E-state index in [1.807, 2.05) is 18.2 Å². The number of ether oxygens (including phenoxy) is 1. The average molecular weight is 332 g/mol. The van der Waals surface area contributed by atoms with Gasteiger partial charge in [-0.3, -0.25) is 0 Å². The van der Waals surface area contributed by atoms with Gasteiger partial charge in [0.1, 0.15) is 0 Å². The third kappa shape index (κ3) is 3.09. The van der Waals surface area contributed by atoms with Gasteiger partial charge in [-0.05, 0) is 43.9 Å². The van der Waals surface area contributed by atoms with E-state index in [4.69, 9.17) is 16.3 Å². The second-order valence-corrected chi connectivity index (χ2v) is 6.95. The number of hydrogen-bond acceptors (Lipinski definition) is 1. The zero-order chi connectivity index (χ0) is 13.3. The zero-order valence-electron chi connectivity index (χ0n) is 11.1. The summed E-state index contributed by atoms with van der Waals surface area (Å²) in [4.78, 5) is 0.436. The van der Waals surface area contributed by atoms with Gasteiger partial charge in [-0.15, -0.1) is 0 Å². The van der Waals surface area contributed by atoms with E-state index in [0.717, 1.165) is 11.4 Å². The summed E-state index contributed by atoms with van der Waals surface area (Å²) < 4.78 is 5.91. The molecule has 0 spiro atoms. The molecule has 1 fully saturated rings. The SMILES string of the molecule is CC1OC(C)C(C(Br)Cc2cccc(Cl)c2)C1C. The molecule has 1 aromatic rings. The van der Waals surface area contributed by atoms with E-state index in [0.29, 0.717) is 28.9 Å². The van der Waals surface area contributed by atoms with Gasteiger partial charge in [-0.2, -0.15) is 0 Å². The molecule has 0 saturated carbocycles. The third-order valence-electron chi connectivity index (χ3n) is 4.06. The van der Waals surface area contributed by atoms with Crippen LogP contribution in [0.15, 0.2) is 24.3 Å². The van der Waals surface area contributed by atoms with Crippen LogP contribution in [0.25, 0.3) is 0 Å². The molecule has 1 saturated heterocycles. The van der Waals surface area contributed by atoms with E-state index in [-0.39, 0.29) is 0 Å². The van der Waals surface area contributed by atoms with E-state index < -0.39 is 0 Å². The van der Waals surface area contributed by atoms with Crippen molar-refractivity contribution in [3.05, 3.63) is 34.9 Å². The Labute approximate surface area is 123 Å². The highest BCUT2D eigenvalue weighted by Gasteiger charge is 2.40. The highest BCUT2D eigenvalue weighted by molar-refractivity contribution is 9.09. The maximum absolute atomic E-state index is 6.03. The Hall–Kier alpha value is -0.0500. The molecule has 0 radical (unpaired) electrons. The van der Waals surface area contributed by atoms with E-state index in [2.05, 4.69) is 42.8 Å². The lowest BCUT2D eigenvalue weighted by Crippen LogP contribution is -2.28. The number of halogens is 2. The lowest BCUT2D eigenvalue weighted by atomic mass is 9.85. The van der Waals surface area contributed by atoms with E-state index in [1.54, 1.807) is 0 Å². The van der Waals surface area contributed by atoms with Crippen LogP contribution >= 0.6 is 27.5 Å². The lowest BCUT2D eigenvalue weighted by Gasteiger charge is -2.24. The number of alkyl halides is 1. The van der Waals surface area contributed by atoms with Crippen LogP contribution < -0.4 is 0 Å². The molecule has 5 unspecified atom stereocenters. The van der Waals surface area contributed by atoms with Gasteiger partial charge < -0.3 is 4.74 Å². The fourth-order valence-corrected chi connectivity index (χ4v) is 4.44. The fourth-order valence-electron chi connectivity index (χ4n) is 2.94. The van der Waals surface area contributed by atoms with Gasteiger partial charge in [0.2, 0.25) is 0 Å². The standard InChI is InChI=1S/C15H20BrClO/c1-9-10(2)18-11(3)15(9)14(16)8-12-5-4-6-13(17)7-12/h4-7,9-11,14-15H,8H2,1-3H3. The molecule has 0 amide bonds. The van der Waals surface area contributed by atoms with Crippen molar-refractivity contribution in [1.82, 2.24) is 0 Å². The summed E-state index contributed by atoms with van der Waals surface area (Å²) in [7, 11) is 0. The monoisotopic (exact) mass is 330 g/mol. The third-order valence-corrected chi connectivity index (χ3v) is 5.23. The number of rotatable bonds is 3. The Morgan fingerprint density at radius 1 is 1.28 bits per heavy atom. The van der Waals surface area contributed by atoms with Gasteiger partial charge in [-0.1, -0.05) is 46.6 Å². The topological polar surface area (TPSA) is 9.23 Å². The Kier molecular flexibility index (Phi) is 4.74. The minimum atomic E-state index is 0.318. The summed E-state index contributed by atoms with van der Waals surface area (Å²) in [5.74, 6) is 1.14. The van der Waals surface area contributed by atoms with E-state index in [1.165, 1.54) is 5.56 Å². The van der Waals surface area contributed by atoms with Crippen molar-refractivity contribution in [2.45, 2.75) is 44.2 Å². The molecule has 0 aromatic heterocycles. The molecule has 1 heterocycles. The van der Waals surface area contributed by atoms with Crippen LogP contribution in [0.1, 0.15) is 26.3 Å². The molecule has 1 nitrogen and oxygen atoms in total. The van der Waals surface area contributed by atoms with Crippen molar-refractivity contribution in [3.63, 3.8) is 0 Å². The van der Waals surface area contributed by atoms with E-state index in [9.17, 15) is 0 Å². The minimum absolute atomic E-state index is 0.318. The van der Waals surface area contributed by atoms with Gasteiger partial charge in [-0.25, -0.2) is 0 Å². The molecule has 2 rings (SSSR count). The van der Waals surface area contributed by atoms with Crippen molar-refractivity contribution in [3.8, 4) is 0 Å². The maximum atomic E-state index is 6.03. The van der Waals surface area contributed by atoms with Crippen molar-refractivity contribution in [2.75, 3.05) is 0 Å². The Morgan fingerprint density at radius 2 is 2.00 bits per heavy atom. The smallest absolute Gasteiger partial charge is 0.0593 e. The summed E-state index contributed by atoms with van der Waals surface area (Å²) in [5, 5.41) is 0.810. The Balaban J connectivity index is 2.06. The predicted octanol–water partition coefficient (Wildman–Crippen LogP) is 4.71. The second-order valence-electron chi connectivity index (χ2n) is 5.33. The summed E-state index contributed by atoms with van der Waals surface area (Å²) in [6, 6.07) is 8.11. The van der Waals surface area contributed by atoms with Gasteiger partial charge in [0.05, 0.1) is 12.2 Å². The van der Waals surface area contributed by atoms with E-state index >= 15 is 0 Å². The highest BCUT2D eigenvalue weighted by Crippen LogP contribution is 2.38. The number of hydrogen-bond donors (Lipinski definition) is 0. The van der Waals surface area contributed by atoms with Crippen LogP contribution in [0.2, 0.25) is 5.02 Å². The van der Waals surface area contributed by atoms with Crippen LogP contribution in [0.5, 0.6) is 0 Å². The van der Waals surface area contributed by atoms with Crippen molar-refractivity contribution >= 4 is 27.5 Å². The number of benzene rings is 1. The molecular weight excluding hydrogens is 312 g/mol. The van der Waals surface area contributed by atoms with Gasteiger partial charge >= 0.3 is 0 Å². The normalized spacial score (nSPS) is 33.6. The summed E-state index contributed by atoms with van der Waals surface area (Å²) >= 11 is 9.88. The van der Waals surface area contributed by atoms with Crippen LogP contribution in [0.4, 0.5) is 0 Å². The molecular formula is C15H20BrClO. The molecule has 1 aliphatic rings. The molecule has 100 valence electrons. The fraction of sp³-hybridized carbons (Fsp3) is 0.600. The van der Waals surface area contributed by atoms with Crippen LogP contribution in [-0.2, 0) is 11.2 Å². The molecule has 1 aliphatic heterocycles. The molecule has 18 heavy (non-hydrogen) atoms. The van der Waals surface area contributed by atoms with Crippen LogP contribution in [0, 0.1) is 11.8 Å². The Morgan fingerprint density at radius 3 is 2.56 bits per heavy atom. The average Bonchev–Trinajstić information content (AvgIpc) is 2.53. The van der Waals surface area contributed by atoms with Crippen LogP contribution in [-0.4, -0.2) is 17.0 Å². The minimum Gasteiger partial charge on any atom is -0.375 e. The molecule has 0 bridgehead atoms. The first-order valence-corrected chi connectivity index (χ1v) is 7.82. The zero-order valence-corrected chi connectivity index (χ0v) is 13.4. The van der Waals surface area contributed by atoms with Gasteiger partial charge in [0, 0.05) is 15.8 Å². The van der Waals surface area contributed by atoms with Gasteiger partial charge in [0.15, 0.2) is 0 Å². The quantitative estimate of drug-likeness (QED) is 0.729. The Bertz CT molecular complexity index is 409. The van der Waals surface area contributed by atoms with Crippen molar-refractivity contribution < 1.29 is 4.74 Å².